The maximum Gasteiger partial charge on any atom is 0.286 e. The van der Waals surface area contributed by atoms with Crippen molar-refractivity contribution in [2.45, 2.75) is 69.6 Å². The molecule has 5 rings (SSSR count). The van der Waals surface area contributed by atoms with Gasteiger partial charge in [0.05, 0.1) is 6.61 Å². The molecule has 5 nitrogen and oxygen atoms in total. The first-order valence-electron chi connectivity index (χ1n) is 12.3. The van der Waals surface area contributed by atoms with Crippen molar-refractivity contribution < 1.29 is 19.4 Å². The van der Waals surface area contributed by atoms with Gasteiger partial charge in [-0.3, -0.25) is 4.79 Å². The van der Waals surface area contributed by atoms with Crippen LogP contribution in [0.1, 0.15) is 67.6 Å². The molecule has 2 N–H and O–H groups in total. The molecule has 0 unspecified atom stereocenters. The van der Waals surface area contributed by atoms with E-state index in [-0.39, 0.29) is 24.5 Å². The van der Waals surface area contributed by atoms with E-state index in [1.807, 2.05) is 6.08 Å². The van der Waals surface area contributed by atoms with Gasteiger partial charge in [-0.15, -0.1) is 0 Å². The van der Waals surface area contributed by atoms with Crippen molar-refractivity contribution in [1.82, 2.24) is 5.32 Å². The molecule has 1 heterocycles. The Balaban J connectivity index is 1.36. The molecule has 3 aliphatic rings. The summed E-state index contributed by atoms with van der Waals surface area (Å²) >= 11 is 0. The van der Waals surface area contributed by atoms with Crippen molar-refractivity contribution in [3.05, 3.63) is 71.0 Å². The van der Waals surface area contributed by atoms with E-state index < -0.39 is 6.29 Å². The summed E-state index contributed by atoms with van der Waals surface area (Å²) in [5.74, 6) is 0.290. The smallest absolute Gasteiger partial charge is 0.286 e. The van der Waals surface area contributed by atoms with Crippen LogP contribution in [0.15, 0.2) is 54.3 Å². The fourth-order valence-corrected chi connectivity index (χ4v) is 5.30. The number of carbonyl (C=O) groups excluding carboxylic acids is 1. The molecule has 174 valence electrons. The van der Waals surface area contributed by atoms with E-state index in [2.05, 4.69) is 47.8 Å². The molecule has 2 atom stereocenters. The van der Waals surface area contributed by atoms with Crippen LogP contribution in [0.4, 0.5) is 0 Å². The normalized spacial score (nSPS) is 21.8. The lowest BCUT2D eigenvalue weighted by Crippen LogP contribution is -2.37. The van der Waals surface area contributed by atoms with Crippen molar-refractivity contribution in [1.29, 1.82) is 0 Å². The van der Waals surface area contributed by atoms with Gasteiger partial charge in [0.25, 0.3) is 5.91 Å². The Bertz CT molecular complexity index is 1020. The average molecular weight is 448 g/mol. The molecule has 1 fully saturated rings. The number of amides is 1. The summed E-state index contributed by atoms with van der Waals surface area (Å²) in [6, 6.07) is 15.5. The largest absolute Gasteiger partial charge is 0.459 e. The summed E-state index contributed by atoms with van der Waals surface area (Å²) in [5.41, 5.74) is 6.53. The zero-order valence-corrected chi connectivity index (χ0v) is 19.1. The van der Waals surface area contributed by atoms with Crippen molar-refractivity contribution in [3.63, 3.8) is 0 Å². The van der Waals surface area contributed by atoms with Gasteiger partial charge in [-0.25, -0.2) is 0 Å². The van der Waals surface area contributed by atoms with Crippen LogP contribution in [0, 0.1) is 0 Å². The second kappa shape index (κ2) is 10.1. The van der Waals surface area contributed by atoms with Gasteiger partial charge in [0.1, 0.15) is 0 Å². The van der Waals surface area contributed by atoms with Crippen LogP contribution >= 0.6 is 0 Å². The maximum absolute atomic E-state index is 13.0. The van der Waals surface area contributed by atoms with Gasteiger partial charge in [-0.1, -0.05) is 55.3 Å². The number of carbonyl (C=O) groups is 1. The van der Waals surface area contributed by atoms with Crippen molar-refractivity contribution in [3.8, 4) is 11.1 Å². The third kappa shape index (κ3) is 4.99. The number of benzene rings is 2. The molecule has 0 radical (unpaired) electrons. The number of unbranched alkanes of at least 4 members (excludes halogenated alkanes) is 1. The molecule has 0 aromatic heterocycles. The number of ether oxygens (including phenoxy) is 2. The lowest BCUT2D eigenvalue weighted by molar-refractivity contribution is -0.146. The second-order valence-electron chi connectivity index (χ2n) is 9.43. The lowest BCUT2D eigenvalue weighted by atomic mass is 9.90. The van der Waals surface area contributed by atoms with Crippen LogP contribution in [0.25, 0.3) is 11.1 Å². The lowest BCUT2D eigenvalue weighted by Gasteiger charge is -2.30. The van der Waals surface area contributed by atoms with Gasteiger partial charge in [0.2, 0.25) is 6.29 Å². The number of hydrogen-bond donors (Lipinski definition) is 2. The second-order valence-corrected chi connectivity index (χ2v) is 9.43. The number of aliphatic hydroxyl groups excluding tert-OH is 1. The van der Waals surface area contributed by atoms with Gasteiger partial charge < -0.3 is 19.9 Å². The van der Waals surface area contributed by atoms with Crippen LogP contribution in [0.2, 0.25) is 0 Å². The topological polar surface area (TPSA) is 67.8 Å². The number of aliphatic hydroxyl groups is 1. The molecule has 0 saturated heterocycles. The zero-order chi connectivity index (χ0) is 22.6. The van der Waals surface area contributed by atoms with E-state index in [9.17, 15) is 4.79 Å². The van der Waals surface area contributed by atoms with Gasteiger partial charge >= 0.3 is 0 Å². The third-order valence-corrected chi connectivity index (χ3v) is 7.07. The van der Waals surface area contributed by atoms with E-state index in [0.717, 1.165) is 25.7 Å². The number of allylic oxidation sites excluding steroid dienone is 1. The minimum atomic E-state index is -0.464. The zero-order valence-electron chi connectivity index (χ0n) is 19.1. The number of rotatable bonds is 8. The summed E-state index contributed by atoms with van der Waals surface area (Å²) in [5, 5.41) is 12.2. The number of nitrogens with one attached hydrogen (secondary N) is 1. The van der Waals surface area contributed by atoms with E-state index in [1.54, 1.807) is 0 Å². The summed E-state index contributed by atoms with van der Waals surface area (Å²) in [7, 11) is 0. The van der Waals surface area contributed by atoms with E-state index in [1.165, 1.54) is 40.7 Å². The van der Waals surface area contributed by atoms with E-state index in [0.29, 0.717) is 25.2 Å². The fourth-order valence-electron chi connectivity index (χ4n) is 5.30. The van der Waals surface area contributed by atoms with Crippen molar-refractivity contribution >= 4 is 5.91 Å². The number of fused-ring (bicyclic) bond motifs is 3. The summed E-state index contributed by atoms with van der Waals surface area (Å²) in [6.07, 6.45) is 9.01. The minimum Gasteiger partial charge on any atom is -0.459 e. The summed E-state index contributed by atoms with van der Waals surface area (Å²) < 4.78 is 12.0. The molecule has 5 heteroatoms. The molecular weight excluding hydrogens is 414 g/mol. The number of hydrogen-bond acceptors (Lipinski definition) is 4. The predicted octanol–water partition coefficient (Wildman–Crippen LogP) is 4.82. The molecule has 0 spiro atoms. The molecule has 33 heavy (non-hydrogen) atoms. The monoisotopic (exact) mass is 447 g/mol. The Morgan fingerprint density at radius 1 is 1.06 bits per heavy atom. The summed E-state index contributed by atoms with van der Waals surface area (Å²) in [4.78, 5) is 13.0. The Hall–Kier alpha value is -2.63. The maximum atomic E-state index is 13.0. The first kappa shape index (κ1) is 22.2. The first-order valence-corrected chi connectivity index (χ1v) is 12.3. The van der Waals surface area contributed by atoms with Crippen LogP contribution in [0.5, 0.6) is 0 Å². The first-order chi connectivity index (χ1) is 16.2. The summed E-state index contributed by atoms with van der Waals surface area (Å²) in [6.45, 7) is 0.666. The van der Waals surface area contributed by atoms with Crippen molar-refractivity contribution in [2.75, 3.05) is 13.2 Å². The van der Waals surface area contributed by atoms with Crippen LogP contribution in [-0.2, 0) is 20.7 Å². The third-order valence-electron chi connectivity index (χ3n) is 7.07. The SMILES string of the molecule is O=C(NC1CCCC1)C1=C[C@@H](c2ccc3c(c2)Cc2ccccc2-3)C[C@@H](OCCCCO)O1. The van der Waals surface area contributed by atoms with Crippen LogP contribution < -0.4 is 5.32 Å². The quantitative estimate of drug-likeness (QED) is 0.486. The Morgan fingerprint density at radius 3 is 2.73 bits per heavy atom. The fraction of sp³-hybridized carbons (Fsp3) is 0.464. The molecular formula is C28H33NO4. The molecule has 2 aliphatic carbocycles. The van der Waals surface area contributed by atoms with Crippen LogP contribution in [-0.4, -0.2) is 36.6 Å². The van der Waals surface area contributed by atoms with Crippen LogP contribution in [0.3, 0.4) is 0 Å². The molecule has 2 aromatic carbocycles. The van der Waals surface area contributed by atoms with Gasteiger partial charge in [-0.2, -0.15) is 0 Å². The molecule has 0 bridgehead atoms. The van der Waals surface area contributed by atoms with E-state index >= 15 is 0 Å². The van der Waals surface area contributed by atoms with Gasteiger partial charge in [-0.05, 0) is 66.0 Å². The molecule has 1 aliphatic heterocycles. The highest BCUT2D eigenvalue weighted by Gasteiger charge is 2.31. The minimum absolute atomic E-state index is 0.0555. The van der Waals surface area contributed by atoms with E-state index in [4.69, 9.17) is 14.6 Å². The highest BCUT2D eigenvalue weighted by atomic mass is 16.7. The molecule has 2 aromatic rings. The molecule has 1 saturated carbocycles. The Kier molecular flexibility index (Phi) is 6.79. The average Bonchev–Trinajstić information content (AvgIpc) is 3.48. The molecule has 1 amide bonds. The van der Waals surface area contributed by atoms with Gasteiger partial charge in [0, 0.05) is 25.0 Å². The predicted molar refractivity (Wildman–Crippen MR) is 128 cm³/mol. The van der Waals surface area contributed by atoms with Crippen molar-refractivity contribution in [2.24, 2.45) is 0 Å². The Labute approximate surface area is 195 Å². The highest BCUT2D eigenvalue weighted by Crippen LogP contribution is 2.40. The Morgan fingerprint density at radius 2 is 1.88 bits per heavy atom. The standard InChI is InChI=1S/C28H33NO4/c30-13-5-6-14-32-27-18-21(17-26(33-27)28(31)29-23-8-2-3-9-23)19-11-12-25-22(15-19)16-20-7-1-4-10-24(20)25/h1,4,7,10-12,15,17,21,23,27,30H,2-3,5-6,8-9,13-14,16,18H2,(H,29,31)/t21-,27+/m1/s1. The van der Waals surface area contributed by atoms with Gasteiger partial charge in [0.15, 0.2) is 5.76 Å². The highest BCUT2D eigenvalue weighted by molar-refractivity contribution is 5.92.